The Morgan fingerprint density at radius 2 is 2.15 bits per heavy atom. The predicted octanol–water partition coefficient (Wildman–Crippen LogP) is 1.94. The highest BCUT2D eigenvalue weighted by Gasteiger charge is 2.24. The van der Waals surface area contributed by atoms with Crippen molar-refractivity contribution in [3.63, 3.8) is 0 Å². The molecule has 2 amide bonds. The zero-order valence-electron chi connectivity index (χ0n) is 11.6. The first kappa shape index (κ1) is 14.4. The minimum atomic E-state index is -0.149. The number of ether oxygens (including phenoxy) is 1. The summed E-state index contributed by atoms with van der Waals surface area (Å²) in [6, 6.07) is 7.33. The molecule has 0 radical (unpaired) electrons. The maximum absolute atomic E-state index is 12.0. The van der Waals surface area contributed by atoms with Gasteiger partial charge < -0.3 is 15.4 Å². The van der Waals surface area contributed by atoms with E-state index in [4.69, 9.17) is 4.74 Å². The Labute approximate surface area is 118 Å². The van der Waals surface area contributed by atoms with Gasteiger partial charge in [-0.05, 0) is 37.1 Å². The van der Waals surface area contributed by atoms with Crippen molar-refractivity contribution < 1.29 is 14.3 Å². The standard InChI is InChI=1S/C15H20N2O3/c1-2-9-20-13-6-4-12(5-7-13)17-15(19)11-3-8-14(18)16-10-11/h4-7,11H,2-3,8-10H2,1H3,(H,16,18)(H,17,19). The van der Waals surface area contributed by atoms with E-state index in [1.807, 2.05) is 24.3 Å². The zero-order valence-corrected chi connectivity index (χ0v) is 11.6. The van der Waals surface area contributed by atoms with Crippen LogP contribution in [-0.2, 0) is 9.59 Å². The number of carbonyl (C=O) groups is 2. The fourth-order valence-electron chi connectivity index (χ4n) is 2.06. The molecule has 1 saturated heterocycles. The molecular formula is C15H20N2O3. The van der Waals surface area contributed by atoms with Crippen LogP contribution in [0, 0.1) is 5.92 Å². The van der Waals surface area contributed by atoms with E-state index >= 15 is 0 Å². The normalized spacial score (nSPS) is 18.2. The summed E-state index contributed by atoms with van der Waals surface area (Å²) in [7, 11) is 0. The fourth-order valence-corrected chi connectivity index (χ4v) is 2.06. The number of piperidine rings is 1. The van der Waals surface area contributed by atoms with Crippen molar-refractivity contribution in [3.05, 3.63) is 24.3 Å². The van der Waals surface area contributed by atoms with Gasteiger partial charge in [0.15, 0.2) is 0 Å². The molecule has 0 aliphatic carbocycles. The zero-order chi connectivity index (χ0) is 14.4. The van der Waals surface area contributed by atoms with Crippen molar-refractivity contribution in [3.8, 4) is 5.75 Å². The Kier molecular flexibility index (Phi) is 4.98. The Bertz CT molecular complexity index is 461. The topological polar surface area (TPSA) is 67.4 Å². The number of carbonyl (C=O) groups excluding carboxylic acids is 2. The van der Waals surface area contributed by atoms with Crippen molar-refractivity contribution in [2.45, 2.75) is 26.2 Å². The van der Waals surface area contributed by atoms with E-state index in [0.717, 1.165) is 17.9 Å². The third kappa shape index (κ3) is 3.98. The van der Waals surface area contributed by atoms with Crippen LogP contribution in [0.5, 0.6) is 5.75 Å². The Morgan fingerprint density at radius 1 is 1.40 bits per heavy atom. The molecule has 0 spiro atoms. The quantitative estimate of drug-likeness (QED) is 0.863. The van der Waals surface area contributed by atoms with Crippen LogP contribution in [0.2, 0.25) is 0 Å². The molecule has 5 nitrogen and oxygen atoms in total. The predicted molar refractivity (Wildman–Crippen MR) is 76.6 cm³/mol. The summed E-state index contributed by atoms with van der Waals surface area (Å²) < 4.78 is 5.48. The number of amides is 2. The highest BCUT2D eigenvalue weighted by Crippen LogP contribution is 2.18. The van der Waals surface area contributed by atoms with E-state index in [1.165, 1.54) is 0 Å². The van der Waals surface area contributed by atoms with Crippen molar-refractivity contribution in [2.24, 2.45) is 5.92 Å². The van der Waals surface area contributed by atoms with Crippen LogP contribution in [0.1, 0.15) is 26.2 Å². The summed E-state index contributed by atoms with van der Waals surface area (Å²) in [6.07, 6.45) is 1.99. The van der Waals surface area contributed by atoms with E-state index in [2.05, 4.69) is 17.6 Å². The van der Waals surface area contributed by atoms with Gasteiger partial charge in [0.2, 0.25) is 11.8 Å². The number of rotatable bonds is 5. The molecule has 2 rings (SSSR count). The molecule has 1 unspecified atom stereocenters. The van der Waals surface area contributed by atoms with Crippen LogP contribution < -0.4 is 15.4 Å². The smallest absolute Gasteiger partial charge is 0.229 e. The van der Waals surface area contributed by atoms with Crippen LogP contribution in [0.3, 0.4) is 0 Å². The molecular weight excluding hydrogens is 256 g/mol. The van der Waals surface area contributed by atoms with Gasteiger partial charge in [-0.15, -0.1) is 0 Å². The summed E-state index contributed by atoms with van der Waals surface area (Å²) in [6.45, 7) is 3.16. The van der Waals surface area contributed by atoms with Gasteiger partial charge in [0.1, 0.15) is 5.75 Å². The average molecular weight is 276 g/mol. The lowest BCUT2D eigenvalue weighted by Gasteiger charge is -2.21. The summed E-state index contributed by atoms with van der Waals surface area (Å²) in [5.74, 6) is 0.622. The van der Waals surface area contributed by atoms with Crippen molar-refractivity contribution >= 4 is 17.5 Å². The first-order chi connectivity index (χ1) is 9.69. The Hall–Kier alpha value is -2.04. The lowest BCUT2D eigenvalue weighted by molar-refractivity contribution is -0.126. The number of anilines is 1. The third-order valence-electron chi connectivity index (χ3n) is 3.23. The Balaban J connectivity index is 1.86. The van der Waals surface area contributed by atoms with Crippen LogP contribution in [0.15, 0.2) is 24.3 Å². The second-order valence-corrected chi connectivity index (χ2v) is 4.90. The van der Waals surface area contributed by atoms with E-state index in [1.54, 1.807) is 0 Å². The lowest BCUT2D eigenvalue weighted by Crippen LogP contribution is -2.40. The fraction of sp³-hybridized carbons (Fsp3) is 0.467. The molecule has 108 valence electrons. The van der Waals surface area contributed by atoms with Crippen LogP contribution >= 0.6 is 0 Å². The number of nitrogens with one attached hydrogen (secondary N) is 2. The van der Waals surface area contributed by atoms with Crippen LogP contribution in [0.25, 0.3) is 0 Å². The molecule has 20 heavy (non-hydrogen) atoms. The van der Waals surface area contributed by atoms with Gasteiger partial charge in [0.05, 0.1) is 12.5 Å². The average Bonchev–Trinajstić information content (AvgIpc) is 2.47. The van der Waals surface area contributed by atoms with Gasteiger partial charge in [-0.1, -0.05) is 6.92 Å². The molecule has 2 N–H and O–H groups in total. The van der Waals surface area contributed by atoms with Gasteiger partial charge in [0.25, 0.3) is 0 Å². The maximum atomic E-state index is 12.0. The summed E-state index contributed by atoms with van der Waals surface area (Å²) in [5, 5.41) is 5.58. The second kappa shape index (κ2) is 6.93. The Morgan fingerprint density at radius 3 is 2.75 bits per heavy atom. The van der Waals surface area contributed by atoms with Gasteiger partial charge in [-0.25, -0.2) is 0 Å². The minimum Gasteiger partial charge on any atom is -0.494 e. The molecule has 1 aromatic rings. The highest BCUT2D eigenvalue weighted by molar-refractivity contribution is 5.94. The monoisotopic (exact) mass is 276 g/mol. The van der Waals surface area contributed by atoms with Gasteiger partial charge >= 0.3 is 0 Å². The van der Waals surface area contributed by atoms with E-state index in [-0.39, 0.29) is 17.7 Å². The first-order valence-electron chi connectivity index (χ1n) is 6.99. The first-order valence-corrected chi connectivity index (χ1v) is 6.99. The molecule has 5 heteroatoms. The van der Waals surface area contributed by atoms with Crippen molar-refractivity contribution in [2.75, 3.05) is 18.5 Å². The van der Waals surface area contributed by atoms with Gasteiger partial charge in [-0.2, -0.15) is 0 Å². The van der Waals surface area contributed by atoms with E-state index in [0.29, 0.717) is 26.0 Å². The van der Waals surface area contributed by atoms with Crippen LogP contribution in [-0.4, -0.2) is 25.0 Å². The number of hydrogen-bond donors (Lipinski definition) is 2. The van der Waals surface area contributed by atoms with Crippen molar-refractivity contribution in [1.82, 2.24) is 5.32 Å². The summed E-state index contributed by atoms with van der Waals surface area (Å²) in [4.78, 5) is 23.1. The highest BCUT2D eigenvalue weighted by atomic mass is 16.5. The largest absolute Gasteiger partial charge is 0.494 e. The summed E-state index contributed by atoms with van der Waals surface area (Å²) >= 11 is 0. The van der Waals surface area contributed by atoms with Crippen molar-refractivity contribution in [1.29, 1.82) is 0 Å². The maximum Gasteiger partial charge on any atom is 0.229 e. The number of hydrogen-bond acceptors (Lipinski definition) is 3. The molecule has 1 atom stereocenters. The third-order valence-corrected chi connectivity index (χ3v) is 3.23. The SMILES string of the molecule is CCCOc1ccc(NC(=O)C2CCC(=O)NC2)cc1. The molecule has 1 fully saturated rings. The molecule has 0 bridgehead atoms. The van der Waals surface area contributed by atoms with Crippen LogP contribution in [0.4, 0.5) is 5.69 Å². The van der Waals surface area contributed by atoms with E-state index < -0.39 is 0 Å². The van der Waals surface area contributed by atoms with Gasteiger partial charge in [-0.3, -0.25) is 9.59 Å². The molecule has 0 aromatic heterocycles. The molecule has 1 aliphatic rings. The molecule has 1 aliphatic heterocycles. The second-order valence-electron chi connectivity index (χ2n) is 4.90. The number of benzene rings is 1. The minimum absolute atomic E-state index is 0.0199. The van der Waals surface area contributed by atoms with Gasteiger partial charge in [0, 0.05) is 18.7 Å². The lowest BCUT2D eigenvalue weighted by atomic mass is 9.98. The molecule has 0 saturated carbocycles. The molecule has 1 aromatic carbocycles. The molecule has 1 heterocycles. The summed E-state index contributed by atoms with van der Waals surface area (Å²) in [5.41, 5.74) is 0.746. The van der Waals surface area contributed by atoms with E-state index in [9.17, 15) is 9.59 Å².